The lowest BCUT2D eigenvalue weighted by atomic mass is 10.1. The summed E-state index contributed by atoms with van der Waals surface area (Å²) in [5.41, 5.74) is -6.03. The highest BCUT2D eigenvalue weighted by atomic mass is 32.2. The summed E-state index contributed by atoms with van der Waals surface area (Å²) >= 11 is 0. The number of halogens is 3. The lowest BCUT2D eigenvalue weighted by Gasteiger charge is -2.13. The van der Waals surface area contributed by atoms with E-state index in [2.05, 4.69) is 14.2 Å². The molecular formula is C10H14F3NO6S. The SMILES string of the molecule is CCOC(=O)/C(CCNC=O)=C(/C)OS(=O)(=O)C(F)(F)F. The van der Waals surface area contributed by atoms with E-state index in [1.165, 1.54) is 6.92 Å². The standard InChI is InChI=1S/C10H14F3NO6S/c1-3-19-9(16)8(4-5-14-6-15)7(2)20-21(17,18)10(11,12)13/h6H,3-5H2,1-2H3,(H,14,15)/b8-7-. The van der Waals surface area contributed by atoms with Crippen molar-refractivity contribution >= 4 is 22.5 Å². The molecule has 0 aliphatic heterocycles. The smallest absolute Gasteiger partial charge is 0.463 e. The highest BCUT2D eigenvalue weighted by Crippen LogP contribution is 2.27. The third-order valence-corrected chi connectivity index (χ3v) is 3.10. The predicted octanol–water partition coefficient (Wildman–Crippen LogP) is 0.826. The number of rotatable bonds is 8. The van der Waals surface area contributed by atoms with Gasteiger partial charge in [-0.05, 0) is 13.8 Å². The molecule has 1 amide bonds. The van der Waals surface area contributed by atoms with Crippen LogP contribution < -0.4 is 5.32 Å². The third-order valence-electron chi connectivity index (χ3n) is 2.07. The number of allylic oxidation sites excluding steroid dienone is 1. The highest BCUT2D eigenvalue weighted by molar-refractivity contribution is 7.87. The van der Waals surface area contributed by atoms with E-state index in [1.807, 2.05) is 0 Å². The van der Waals surface area contributed by atoms with Gasteiger partial charge in [-0.15, -0.1) is 0 Å². The van der Waals surface area contributed by atoms with Gasteiger partial charge in [-0.3, -0.25) is 4.79 Å². The van der Waals surface area contributed by atoms with Gasteiger partial charge in [-0.2, -0.15) is 21.6 Å². The summed E-state index contributed by atoms with van der Waals surface area (Å²) < 4.78 is 66.8. The quantitative estimate of drug-likeness (QED) is 0.134. The topological polar surface area (TPSA) is 98.8 Å². The summed E-state index contributed by atoms with van der Waals surface area (Å²) in [5.74, 6) is -1.79. The first kappa shape index (κ1) is 19.2. The number of amides is 1. The van der Waals surface area contributed by atoms with Gasteiger partial charge in [0.2, 0.25) is 6.41 Å². The fraction of sp³-hybridized carbons (Fsp3) is 0.600. The van der Waals surface area contributed by atoms with E-state index < -0.39 is 32.9 Å². The molecule has 0 radical (unpaired) electrons. The summed E-state index contributed by atoms with van der Waals surface area (Å²) in [5, 5.41) is 2.17. The number of carbonyl (C=O) groups excluding carboxylic acids is 2. The van der Waals surface area contributed by atoms with Gasteiger partial charge in [0.25, 0.3) is 0 Å². The number of hydrogen-bond acceptors (Lipinski definition) is 6. The molecule has 0 aliphatic rings. The van der Waals surface area contributed by atoms with Crippen molar-refractivity contribution in [2.75, 3.05) is 13.2 Å². The predicted molar refractivity (Wildman–Crippen MR) is 64.1 cm³/mol. The lowest BCUT2D eigenvalue weighted by Crippen LogP contribution is -2.26. The Labute approximate surface area is 119 Å². The maximum absolute atomic E-state index is 12.2. The first-order valence-corrected chi connectivity index (χ1v) is 7.02. The van der Waals surface area contributed by atoms with Gasteiger partial charge in [0, 0.05) is 13.0 Å². The molecule has 0 saturated heterocycles. The lowest BCUT2D eigenvalue weighted by molar-refractivity contribution is -0.139. The molecule has 0 aromatic rings. The monoisotopic (exact) mass is 333 g/mol. The second-order valence-electron chi connectivity index (χ2n) is 3.56. The van der Waals surface area contributed by atoms with E-state index >= 15 is 0 Å². The molecule has 11 heteroatoms. The number of nitrogens with one attached hydrogen (secondary N) is 1. The minimum Gasteiger partial charge on any atom is -0.463 e. The van der Waals surface area contributed by atoms with Gasteiger partial charge in [0.05, 0.1) is 12.2 Å². The zero-order valence-electron chi connectivity index (χ0n) is 11.2. The second-order valence-corrected chi connectivity index (χ2v) is 5.10. The Morgan fingerprint density at radius 2 is 1.90 bits per heavy atom. The number of alkyl halides is 3. The van der Waals surface area contributed by atoms with E-state index in [4.69, 9.17) is 0 Å². The van der Waals surface area contributed by atoms with Gasteiger partial charge < -0.3 is 14.2 Å². The maximum Gasteiger partial charge on any atom is 0.534 e. The van der Waals surface area contributed by atoms with Crippen LogP contribution in [0.15, 0.2) is 11.3 Å². The molecule has 0 bridgehead atoms. The minimum absolute atomic E-state index is 0.0667. The number of esters is 1. The van der Waals surface area contributed by atoms with Crippen LogP contribution in [0.4, 0.5) is 13.2 Å². The molecule has 0 aromatic carbocycles. The van der Waals surface area contributed by atoms with Crippen molar-refractivity contribution in [1.82, 2.24) is 5.32 Å². The van der Waals surface area contributed by atoms with Gasteiger partial charge >= 0.3 is 21.6 Å². The summed E-state index contributed by atoms with van der Waals surface area (Å²) in [6.45, 7) is 2.17. The highest BCUT2D eigenvalue weighted by Gasteiger charge is 2.48. The van der Waals surface area contributed by atoms with Crippen molar-refractivity contribution in [3.8, 4) is 0 Å². The largest absolute Gasteiger partial charge is 0.534 e. The first-order chi connectivity index (χ1) is 9.56. The van der Waals surface area contributed by atoms with Gasteiger partial charge in [0.15, 0.2) is 0 Å². The maximum atomic E-state index is 12.2. The van der Waals surface area contributed by atoms with Crippen molar-refractivity contribution in [1.29, 1.82) is 0 Å². The Hall–Kier alpha value is -1.78. The molecule has 0 atom stereocenters. The number of hydrogen-bond donors (Lipinski definition) is 1. The molecule has 0 aromatic heterocycles. The fourth-order valence-corrected chi connectivity index (χ4v) is 1.68. The molecule has 0 fully saturated rings. The Kier molecular flexibility index (Phi) is 7.19. The first-order valence-electron chi connectivity index (χ1n) is 5.61. The van der Waals surface area contributed by atoms with Crippen LogP contribution in [0.2, 0.25) is 0 Å². The summed E-state index contributed by atoms with van der Waals surface area (Å²) in [6.07, 6.45) is 0.0577. The van der Waals surface area contributed by atoms with Crippen molar-refractivity contribution < 1.29 is 40.1 Å². The molecule has 7 nitrogen and oxygen atoms in total. The summed E-state index contributed by atoms with van der Waals surface area (Å²) in [4.78, 5) is 21.7. The van der Waals surface area contributed by atoms with Gasteiger partial charge in [-0.25, -0.2) is 4.79 Å². The van der Waals surface area contributed by atoms with Gasteiger partial charge in [-0.1, -0.05) is 0 Å². The van der Waals surface area contributed by atoms with Crippen LogP contribution in [-0.4, -0.2) is 39.5 Å². The molecule has 0 rings (SSSR count). The molecule has 0 aliphatic carbocycles. The molecule has 0 spiro atoms. The zero-order valence-corrected chi connectivity index (χ0v) is 12.0. The second kappa shape index (κ2) is 7.86. The van der Waals surface area contributed by atoms with Crippen molar-refractivity contribution in [2.24, 2.45) is 0 Å². The van der Waals surface area contributed by atoms with Crippen molar-refractivity contribution in [3.05, 3.63) is 11.3 Å². The third kappa shape index (κ3) is 6.02. The van der Waals surface area contributed by atoms with E-state index in [0.29, 0.717) is 6.41 Å². The average molecular weight is 333 g/mol. The molecular weight excluding hydrogens is 319 g/mol. The van der Waals surface area contributed by atoms with E-state index in [0.717, 1.165) is 6.92 Å². The van der Waals surface area contributed by atoms with Crippen LogP contribution in [0.25, 0.3) is 0 Å². The van der Waals surface area contributed by atoms with Crippen LogP contribution >= 0.6 is 0 Å². The Bertz CT molecular complexity index is 511. The fourth-order valence-electron chi connectivity index (χ4n) is 1.16. The van der Waals surface area contributed by atoms with Crippen LogP contribution in [-0.2, 0) is 28.6 Å². The van der Waals surface area contributed by atoms with E-state index in [1.54, 1.807) is 0 Å². The van der Waals surface area contributed by atoms with Crippen LogP contribution in [0.5, 0.6) is 0 Å². The zero-order chi connectivity index (χ0) is 16.7. The molecule has 21 heavy (non-hydrogen) atoms. The normalized spacial score (nSPS) is 13.2. The molecule has 122 valence electrons. The molecule has 0 saturated carbocycles. The van der Waals surface area contributed by atoms with Gasteiger partial charge in [0.1, 0.15) is 5.76 Å². The number of carbonyl (C=O) groups is 2. The van der Waals surface area contributed by atoms with E-state index in [9.17, 15) is 31.2 Å². The molecule has 0 unspecified atom stereocenters. The molecule has 1 N–H and O–H groups in total. The van der Waals surface area contributed by atoms with Crippen molar-refractivity contribution in [3.63, 3.8) is 0 Å². The van der Waals surface area contributed by atoms with Crippen LogP contribution in [0.3, 0.4) is 0 Å². The van der Waals surface area contributed by atoms with Crippen molar-refractivity contribution in [2.45, 2.75) is 25.8 Å². The van der Waals surface area contributed by atoms with E-state index in [-0.39, 0.29) is 19.6 Å². The Morgan fingerprint density at radius 3 is 2.33 bits per heavy atom. The average Bonchev–Trinajstić information content (AvgIpc) is 2.32. The van der Waals surface area contributed by atoms with Crippen LogP contribution in [0.1, 0.15) is 20.3 Å². The number of ether oxygens (including phenoxy) is 1. The summed E-state index contributed by atoms with van der Waals surface area (Å²) in [7, 11) is -5.88. The Balaban J connectivity index is 5.34. The van der Waals surface area contributed by atoms with Crippen LogP contribution in [0, 0.1) is 0 Å². The minimum atomic E-state index is -5.88. The summed E-state index contributed by atoms with van der Waals surface area (Å²) in [6, 6.07) is 0. The molecule has 0 heterocycles. The Morgan fingerprint density at radius 1 is 1.33 bits per heavy atom.